The third kappa shape index (κ3) is 3.31. The Balaban J connectivity index is 1.70. The number of para-hydroxylation sites is 2. The van der Waals surface area contributed by atoms with Gasteiger partial charge in [0.25, 0.3) is 4.84 Å². The number of fused-ring (bicyclic) bond motifs is 1. The molecule has 3 nitrogen and oxygen atoms in total. The minimum Gasteiger partial charge on any atom is -0.507 e. The average molecular weight is 410 g/mol. The molecule has 0 radical (unpaired) electrons. The summed E-state index contributed by atoms with van der Waals surface area (Å²) in [7, 11) is 0. The van der Waals surface area contributed by atoms with E-state index in [0.717, 1.165) is 38.9 Å². The van der Waals surface area contributed by atoms with E-state index in [1.807, 2.05) is 102 Å². The van der Waals surface area contributed by atoms with E-state index >= 15 is 0 Å². The van der Waals surface area contributed by atoms with Crippen molar-refractivity contribution in [2.45, 2.75) is 6.54 Å². The summed E-state index contributed by atoms with van der Waals surface area (Å²) in [5, 5.41) is 11.1. The molecule has 30 heavy (non-hydrogen) atoms. The average Bonchev–Trinajstić information content (AvgIpc) is 3.11. The number of hydrogen-bond acceptors (Lipinski definition) is 3. The van der Waals surface area contributed by atoms with Crippen molar-refractivity contribution < 1.29 is 9.52 Å². The summed E-state index contributed by atoms with van der Waals surface area (Å²) in [6.07, 6.45) is 0. The minimum absolute atomic E-state index is 0.275. The number of nitrogens with zero attached hydrogens (tertiary/aromatic N) is 1. The highest BCUT2D eigenvalue weighted by Crippen LogP contribution is 2.39. The Kier molecular flexibility index (Phi) is 4.69. The Labute approximate surface area is 179 Å². The number of aromatic nitrogens is 1. The first kappa shape index (κ1) is 18.4. The van der Waals surface area contributed by atoms with Crippen molar-refractivity contribution in [1.29, 1.82) is 0 Å². The van der Waals surface area contributed by atoms with Crippen LogP contribution >= 0.6 is 12.2 Å². The Bertz CT molecular complexity index is 1320. The Morgan fingerprint density at radius 3 is 1.87 bits per heavy atom. The van der Waals surface area contributed by atoms with Crippen LogP contribution in [0.2, 0.25) is 0 Å². The van der Waals surface area contributed by atoms with Gasteiger partial charge in [-0.15, -0.1) is 0 Å². The van der Waals surface area contributed by atoms with E-state index in [0.29, 0.717) is 11.4 Å². The standard InChI is InChI=1S/C26H19NO2S/c28-25-21(19-9-3-1-4-10-19)15-18(16-22(25)20-11-5-2-6-12-20)17-27-23-13-7-8-14-24(23)29-26(27)30/h1-16,28H,17H2. The fourth-order valence-electron chi connectivity index (χ4n) is 3.81. The van der Waals surface area contributed by atoms with E-state index in [1.54, 1.807) is 0 Å². The number of oxazole rings is 1. The second-order valence-corrected chi connectivity index (χ2v) is 7.54. The molecule has 0 spiro atoms. The first-order valence-corrected chi connectivity index (χ1v) is 10.2. The normalized spacial score (nSPS) is 11.1. The van der Waals surface area contributed by atoms with Crippen LogP contribution in [-0.4, -0.2) is 9.67 Å². The molecule has 0 saturated carbocycles. The van der Waals surface area contributed by atoms with Crippen molar-refractivity contribution >= 4 is 23.3 Å². The number of aromatic hydroxyl groups is 1. The van der Waals surface area contributed by atoms with Crippen LogP contribution in [0.25, 0.3) is 33.4 Å². The molecule has 0 saturated heterocycles. The van der Waals surface area contributed by atoms with Gasteiger partial charge in [-0.2, -0.15) is 0 Å². The summed E-state index contributed by atoms with van der Waals surface area (Å²) in [4.78, 5) is 0.437. The molecular formula is C26H19NO2S. The van der Waals surface area contributed by atoms with Crippen molar-refractivity contribution in [3.63, 3.8) is 0 Å². The molecule has 0 aliphatic carbocycles. The lowest BCUT2D eigenvalue weighted by Crippen LogP contribution is -2.00. The highest BCUT2D eigenvalue weighted by molar-refractivity contribution is 7.71. The molecule has 0 fully saturated rings. The second kappa shape index (κ2) is 7.65. The minimum atomic E-state index is 0.275. The van der Waals surface area contributed by atoms with Gasteiger partial charge >= 0.3 is 0 Å². The fraction of sp³-hybridized carbons (Fsp3) is 0.0385. The molecule has 146 valence electrons. The van der Waals surface area contributed by atoms with Gasteiger partial charge in [0.05, 0.1) is 12.1 Å². The molecular weight excluding hydrogens is 390 g/mol. The molecule has 0 bridgehead atoms. The number of phenolic OH excluding ortho intramolecular Hbond substituents is 1. The largest absolute Gasteiger partial charge is 0.507 e. The molecule has 5 rings (SSSR count). The van der Waals surface area contributed by atoms with Crippen LogP contribution in [-0.2, 0) is 6.54 Å². The molecule has 0 aliphatic rings. The molecule has 1 heterocycles. The smallest absolute Gasteiger partial charge is 0.269 e. The van der Waals surface area contributed by atoms with Gasteiger partial charge in [0.15, 0.2) is 5.58 Å². The molecule has 0 aliphatic heterocycles. The van der Waals surface area contributed by atoms with Gasteiger partial charge in [-0.25, -0.2) is 0 Å². The van der Waals surface area contributed by atoms with Crippen molar-refractivity contribution in [2.24, 2.45) is 0 Å². The third-order valence-corrected chi connectivity index (χ3v) is 5.56. The number of hydrogen-bond donors (Lipinski definition) is 1. The van der Waals surface area contributed by atoms with Crippen molar-refractivity contribution in [3.05, 3.63) is 107 Å². The molecule has 5 aromatic rings. The number of phenols is 1. The monoisotopic (exact) mass is 409 g/mol. The van der Waals surface area contributed by atoms with Crippen LogP contribution in [0.15, 0.2) is 101 Å². The highest BCUT2D eigenvalue weighted by Gasteiger charge is 2.15. The van der Waals surface area contributed by atoms with E-state index in [1.165, 1.54) is 0 Å². The Morgan fingerprint density at radius 2 is 1.27 bits per heavy atom. The van der Waals surface area contributed by atoms with Gasteiger partial charge < -0.3 is 9.52 Å². The molecule has 4 aromatic carbocycles. The molecule has 0 unspecified atom stereocenters. The predicted octanol–water partition coefficient (Wildman–Crippen LogP) is 7.05. The van der Waals surface area contributed by atoms with Crippen LogP contribution in [0.5, 0.6) is 5.75 Å². The Morgan fingerprint density at radius 1 is 0.733 bits per heavy atom. The maximum atomic E-state index is 11.1. The van der Waals surface area contributed by atoms with Crippen LogP contribution in [0, 0.1) is 4.84 Å². The van der Waals surface area contributed by atoms with Gasteiger partial charge in [-0.05, 0) is 53.2 Å². The van der Waals surface area contributed by atoms with Crippen molar-refractivity contribution in [3.8, 4) is 28.0 Å². The van der Waals surface area contributed by atoms with E-state index < -0.39 is 0 Å². The van der Waals surface area contributed by atoms with Gasteiger partial charge in [0, 0.05) is 11.1 Å². The SMILES string of the molecule is Oc1c(-c2ccccc2)cc(Cn2c(=S)oc3ccccc32)cc1-c1ccccc1. The zero-order valence-electron chi connectivity index (χ0n) is 16.2. The highest BCUT2D eigenvalue weighted by atomic mass is 32.1. The first-order chi connectivity index (χ1) is 14.7. The first-order valence-electron chi connectivity index (χ1n) is 9.76. The van der Waals surface area contributed by atoms with Crippen molar-refractivity contribution in [2.75, 3.05) is 0 Å². The lowest BCUT2D eigenvalue weighted by Gasteiger charge is -2.14. The van der Waals surface area contributed by atoms with E-state index in [4.69, 9.17) is 16.6 Å². The summed E-state index contributed by atoms with van der Waals surface area (Å²) in [6.45, 7) is 0.551. The molecule has 4 heteroatoms. The van der Waals surface area contributed by atoms with Crippen molar-refractivity contribution in [1.82, 2.24) is 4.57 Å². The van der Waals surface area contributed by atoms with Crippen LogP contribution in [0.3, 0.4) is 0 Å². The molecule has 0 amide bonds. The number of rotatable bonds is 4. The van der Waals surface area contributed by atoms with Gasteiger partial charge in [0.2, 0.25) is 0 Å². The quantitative estimate of drug-likeness (QED) is 0.323. The van der Waals surface area contributed by atoms with E-state index in [9.17, 15) is 5.11 Å². The topological polar surface area (TPSA) is 38.3 Å². The predicted molar refractivity (Wildman–Crippen MR) is 123 cm³/mol. The van der Waals surface area contributed by atoms with E-state index in [-0.39, 0.29) is 5.75 Å². The van der Waals surface area contributed by atoms with Gasteiger partial charge in [-0.1, -0.05) is 72.8 Å². The molecule has 0 atom stereocenters. The fourth-order valence-corrected chi connectivity index (χ4v) is 4.06. The lowest BCUT2D eigenvalue weighted by atomic mass is 9.94. The summed E-state index contributed by atoms with van der Waals surface area (Å²) < 4.78 is 7.74. The third-order valence-electron chi connectivity index (χ3n) is 5.25. The van der Waals surface area contributed by atoms with Gasteiger partial charge in [-0.3, -0.25) is 4.57 Å². The summed E-state index contributed by atoms with van der Waals surface area (Å²) in [6, 6.07) is 31.8. The van der Waals surface area contributed by atoms with E-state index in [2.05, 4.69) is 0 Å². The van der Waals surface area contributed by atoms with Crippen LogP contribution < -0.4 is 0 Å². The van der Waals surface area contributed by atoms with Crippen LogP contribution in [0.4, 0.5) is 0 Å². The maximum absolute atomic E-state index is 11.1. The second-order valence-electron chi connectivity index (χ2n) is 7.19. The maximum Gasteiger partial charge on any atom is 0.269 e. The summed E-state index contributed by atoms with van der Waals surface area (Å²) >= 11 is 5.48. The van der Waals surface area contributed by atoms with Gasteiger partial charge in [0.1, 0.15) is 5.75 Å². The Hall–Kier alpha value is -3.63. The molecule has 1 N–H and O–H groups in total. The number of benzene rings is 4. The zero-order chi connectivity index (χ0) is 20.5. The van der Waals surface area contributed by atoms with Crippen LogP contribution in [0.1, 0.15) is 5.56 Å². The molecule has 1 aromatic heterocycles. The summed E-state index contributed by atoms with van der Waals surface area (Å²) in [5.74, 6) is 0.275. The summed E-state index contributed by atoms with van der Waals surface area (Å²) in [5.41, 5.74) is 6.29. The lowest BCUT2D eigenvalue weighted by molar-refractivity contribution is 0.479. The zero-order valence-corrected chi connectivity index (χ0v) is 17.0.